The van der Waals surface area contributed by atoms with Crippen LogP contribution in [0.25, 0.3) is 10.9 Å². The maximum absolute atomic E-state index is 13.5. The molecule has 0 fully saturated rings. The van der Waals surface area contributed by atoms with E-state index in [1.54, 1.807) is 12.3 Å². The molecule has 2 N–H and O–H groups in total. The Kier molecular flexibility index (Phi) is 5.71. The molecule has 0 bridgehead atoms. The molecule has 0 spiro atoms. The van der Waals surface area contributed by atoms with E-state index >= 15 is 0 Å². The van der Waals surface area contributed by atoms with E-state index in [4.69, 9.17) is 0 Å². The highest BCUT2D eigenvalue weighted by molar-refractivity contribution is 6.00. The van der Waals surface area contributed by atoms with Crippen molar-refractivity contribution in [3.05, 3.63) is 71.9 Å². The average molecular weight is 369 g/mol. The van der Waals surface area contributed by atoms with Gasteiger partial charge in [-0.3, -0.25) is 14.6 Å². The zero-order chi connectivity index (χ0) is 19.2. The lowest BCUT2D eigenvalue weighted by atomic mass is 10.1. The van der Waals surface area contributed by atoms with Gasteiger partial charge < -0.3 is 10.6 Å². The highest BCUT2D eigenvalue weighted by atomic mass is 19.1. The van der Waals surface area contributed by atoms with Crippen LogP contribution < -0.4 is 10.6 Å². The number of anilines is 1. The van der Waals surface area contributed by atoms with Gasteiger partial charge in [0, 0.05) is 24.5 Å². The maximum atomic E-state index is 13.5. The fourth-order valence-corrected chi connectivity index (χ4v) is 2.67. The van der Waals surface area contributed by atoms with Crippen LogP contribution in [0.2, 0.25) is 0 Å². The lowest BCUT2D eigenvalue weighted by molar-refractivity contribution is -0.116. The van der Waals surface area contributed by atoms with E-state index < -0.39 is 23.1 Å². The standard InChI is InChI=1S/C20H17F2N3O2/c21-14-7-2-8-15(22)18(14)20(27)24-12-4-10-17(26)25-16-9-1-5-13-6-3-11-23-19(13)16/h1-3,5-9,11H,4,10,12H2,(H,24,27)(H,25,26). The highest BCUT2D eigenvalue weighted by Crippen LogP contribution is 2.20. The van der Waals surface area contributed by atoms with Gasteiger partial charge in [-0.1, -0.05) is 24.3 Å². The fourth-order valence-electron chi connectivity index (χ4n) is 2.67. The third-order valence-corrected chi connectivity index (χ3v) is 3.96. The number of carbonyl (C=O) groups is 2. The average Bonchev–Trinajstić information content (AvgIpc) is 2.65. The molecule has 2 aromatic carbocycles. The van der Waals surface area contributed by atoms with Crippen LogP contribution in [0.3, 0.4) is 0 Å². The van der Waals surface area contributed by atoms with E-state index in [2.05, 4.69) is 15.6 Å². The largest absolute Gasteiger partial charge is 0.352 e. The van der Waals surface area contributed by atoms with Gasteiger partial charge in [-0.15, -0.1) is 0 Å². The monoisotopic (exact) mass is 369 g/mol. The first-order valence-corrected chi connectivity index (χ1v) is 8.42. The molecule has 138 valence electrons. The molecule has 3 aromatic rings. The molecule has 0 atom stereocenters. The number of hydrogen-bond donors (Lipinski definition) is 2. The summed E-state index contributed by atoms with van der Waals surface area (Å²) in [6.45, 7) is 0.119. The number of aromatic nitrogens is 1. The summed E-state index contributed by atoms with van der Waals surface area (Å²) >= 11 is 0. The molecule has 0 aliphatic rings. The van der Waals surface area contributed by atoms with Gasteiger partial charge in [-0.25, -0.2) is 8.78 Å². The summed E-state index contributed by atoms with van der Waals surface area (Å²) in [5.74, 6) is -2.92. The Bertz CT molecular complexity index is 966. The summed E-state index contributed by atoms with van der Waals surface area (Å²) in [5.41, 5.74) is 0.677. The number of halogens is 2. The third kappa shape index (κ3) is 4.44. The van der Waals surface area contributed by atoms with Crippen molar-refractivity contribution in [3.8, 4) is 0 Å². The van der Waals surface area contributed by atoms with Crippen LogP contribution in [0.4, 0.5) is 14.5 Å². The van der Waals surface area contributed by atoms with Gasteiger partial charge in [0.15, 0.2) is 0 Å². The van der Waals surface area contributed by atoms with Crippen LogP contribution in [-0.4, -0.2) is 23.3 Å². The Hall–Kier alpha value is -3.35. The molecule has 2 amide bonds. The predicted octanol–water partition coefficient (Wildman–Crippen LogP) is 3.66. The quantitative estimate of drug-likeness (QED) is 0.652. The smallest absolute Gasteiger partial charge is 0.257 e. The minimum Gasteiger partial charge on any atom is -0.352 e. The van der Waals surface area contributed by atoms with E-state index in [0.717, 1.165) is 17.5 Å². The van der Waals surface area contributed by atoms with Crippen LogP contribution in [0.15, 0.2) is 54.7 Å². The zero-order valence-electron chi connectivity index (χ0n) is 14.3. The Morgan fingerprint density at radius 3 is 2.44 bits per heavy atom. The van der Waals surface area contributed by atoms with Gasteiger partial charge in [-0.05, 0) is 30.7 Å². The molecule has 0 aliphatic carbocycles. The van der Waals surface area contributed by atoms with Crippen molar-refractivity contribution in [2.45, 2.75) is 12.8 Å². The summed E-state index contributed by atoms with van der Waals surface area (Å²) in [5, 5.41) is 6.12. The van der Waals surface area contributed by atoms with E-state index in [1.807, 2.05) is 24.3 Å². The molecule has 1 aromatic heterocycles. The predicted molar refractivity (Wildman–Crippen MR) is 98.3 cm³/mol. The Morgan fingerprint density at radius 1 is 0.963 bits per heavy atom. The molecule has 5 nitrogen and oxygen atoms in total. The minimum absolute atomic E-state index is 0.119. The van der Waals surface area contributed by atoms with Crippen LogP contribution in [0.1, 0.15) is 23.2 Å². The first-order chi connectivity index (χ1) is 13.1. The Balaban J connectivity index is 1.51. The topological polar surface area (TPSA) is 71.1 Å². The molecule has 0 saturated carbocycles. The van der Waals surface area contributed by atoms with Crippen molar-refractivity contribution >= 4 is 28.4 Å². The van der Waals surface area contributed by atoms with Gasteiger partial charge in [-0.2, -0.15) is 0 Å². The second-order valence-electron chi connectivity index (χ2n) is 5.88. The number of nitrogens with one attached hydrogen (secondary N) is 2. The number of rotatable bonds is 6. The second-order valence-corrected chi connectivity index (χ2v) is 5.88. The van der Waals surface area contributed by atoms with Crippen molar-refractivity contribution in [2.24, 2.45) is 0 Å². The van der Waals surface area contributed by atoms with Gasteiger partial charge in [0.1, 0.15) is 17.2 Å². The van der Waals surface area contributed by atoms with Crippen LogP contribution in [-0.2, 0) is 4.79 Å². The highest BCUT2D eigenvalue weighted by Gasteiger charge is 2.16. The first-order valence-electron chi connectivity index (χ1n) is 8.42. The lowest BCUT2D eigenvalue weighted by Gasteiger charge is -2.09. The molecule has 0 unspecified atom stereocenters. The number of para-hydroxylation sites is 1. The van der Waals surface area contributed by atoms with Crippen molar-refractivity contribution < 1.29 is 18.4 Å². The van der Waals surface area contributed by atoms with Gasteiger partial charge in [0.25, 0.3) is 5.91 Å². The fraction of sp³-hybridized carbons (Fsp3) is 0.150. The number of fused-ring (bicyclic) bond motifs is 1. The number of hydrogen-bond acceptors (Lipinski definition) is 3. The zero-order valence-corrected chi connectivity index (χ0v) is 14.3. The van der Waals surface area contributed by atoms with Crippen LogP contribution in [0.5, 0.6) is 0 Å². The summed E-state index contributed by atoms with van der Waals surface area (Å²) in [6, 6.07) is 12.4. The number of pyridine rings is 1. The number of amides is 2. The Labute approximate surface area is 154 Å². The van der Waals surface area contributed by atoms with Crippen LogP contribution in [0, 0.1) is 11.6 Å². The van der Waals surface area contributed by atoms with E-state index in [9.17, 15) is 18.4 Å². The molecule has 1 heterocycles. The normalized spacial score (nSPS) is 10.6. The van der Waals surface area contributed by atoms with Crippen molar-refractivity contribution in [1.29, 1.82) is 0 Å². The van der Waals surface area contributed by atoms with Crippen molar-refractivity contribution in [3.63, 3.8) is 0 Å². The number of carbonyl (C=O) groups excluding carboxylic acids is 2. The van der Waals surface area contributed by atoms with Crippen molar-refractivity contribution in [2.75, 3.05) is 11.9 Å². The molecule has 0 saturated heterocycles. The summed E-state index contributed by atoms with van der Waals surface area (Å²) in [4.78, 5) is 28.2. The van der Waals surface area contributed by atoms with E-state index in [-0.39, 0.29) is 18.9 Å². The van der Waals surface area contributed by atoms with E-state index in [0.29, 0.717) is 17.6 Å². The first kappa shape index (κ1) is 18.4. The lowest BCUT2D eigenvalue weighted by Crippen LogP contribution is -2.27. The van der Waals surface area contributed by atoms with Gasteiger partial charge in [0.2, 0.25) is 5.91 Å². The van der Waals surface area contributed by atoms with Crippen molar-refractivity contribution in [1.82, 2.24) is 10.3 Å². The molecular weight excluding hydrogens is 352 g/mol. The van der Waals surface area contributed by atoms with Gasteiger partial charge in [0.05, 0.1) is 11.2 Å². The molecule has 7 heteroatoms. The van der Waals surface area contributed by atoms with Crippen LogP contribution >= 0.6 is 0 Å². The van der Waals surface area contributed by atoms with Gasteiger partial charge >= 0.3 is 0 Å². The molecule has 0 radical (unpaired) electrons. The summed E-state index contributed by atoms with van der Waals surface area (Å²) in [7, 11) is 0. The number of benzene rings is 2. The molecule has 27 heavy (non-hydrogen) atoms. The number of nitrogens with zero attached hydrogens (tertiary/aromatic N) is 1. The Morgan fingerprint density at radius 2 is 1.67 bits per heavy atom. The minimum atomic E-state index is -0.923. The third-order valence-electron chi connectivity index (χ3n) is 3.96. The molecular formula is C20H17F2N3O2. The summed E-state index contributed by atoms with van der Waals surface area (Å²) < 4.78 is 27.1. The second kappa shape index (κ2) is 8.35. The molecule has 3 rings (SSSR count). The maximum Gasteiger partial charge on any atom is 0.257 e. The summed E-state index contributed by atoms with van der Waals surface area (Å²) in [6.07, 6.45) is 2.12. The van der Waals surface area contributed by atoms with E-state index in [1.165, 1.54) is 6.07 Å². The molecule has 0 aliphatic heterocycles. The SMILES string of the molecule is O=C(CCCNC(=O)c1c(F)cccc1F)Nc1cccc2cccnc12.